The number of anilines is 1. The number of rotatable bonds is 4. The van der Waals surface area contributed by atoms with Crippen LogP contribution in [0.15, 0.2) is 60.2 Å². The molecule has 0 bridgehead atoms. The van der Waals surface area contributed by atoms with Gasteiger partial charge in [0.05, 0.1) is 24.6 Å². The van der Waals surface area contributed by atoms with Crippen LogP contribution in [0.5, 0.6) is 11.5 Å². The Morgan fingerprint density at radius 3 is 2.41 bits per heavy atom. The van der Waals surface area contributed by atoms with Gasteiger partial charge >= 0.3 is 0 Å². The molecule has 2 aromatic rings. The molecule has 41 heavy (non-hydrogen) atoms. The number of benzene rings is 2. The highest BCUT2D eigenvalue weighted by Crippen LogP contribution is 2.63. The molecule has 2 aromatic carbocycles. The maximum Gasteiger partial charge on any atom is 0.258 e. The Morgan fingerprint density at radius 1 is 1.02 bits per heavy atom. The highest BCUT2D eigenvalue weighted by molar-refractivity contribution is 6.57. The smallest absolute Gasteiger partial charge is 0.258 e. The largest absolute Gasteiger partial charge is 0.504 e. The number of hydrogen-bond donors (Lipinski definition) is 1. The van der Waals surface area contributed by atoms with Gasteiger partial charge in [-0.25, -0.2) is 9.29 Å². The molecule has 0 unspecified atom stereocenters. The van der Waals surface area contributed by atoms with Gasteiger partial charge in [0.1, 0.15) is 5.82 Å². The summed E-state index contributed by atoms with van der Waals surface area (Å²) in [4.78, 5) is 52.3. The molecule has 4 aliphatic rings. The molecule has 0 spiro atoms. The van der Waals surface area contributed by atoms with Crippen molar-refractivity contribution in [2.75, 3.05) is 19.1 Å². The highest BCUT2D eigenvalue weighted by Gasteiger charge is 2.76. The molecule has 1 saturated carbocycles. The van der Waals surface area contributed by atoms with Gasteiger partial charge in [0.25, 0.3) is 11.8 Å². The van der Waals surface area contributed by atoms with Gasteiger partial charge in [0, 0.05) is 13.0 Å². The van der Waals surface area contributed by atoms with Crippen molar-refractivity contribution in [2.24, 2.45) is 23.7 Å². The van der Waals surface area contributed by atoms with E-state index in [9.17, 15) is 28.7 Å². The van der Waals surface area contributed by atoms with E-state index in [0.717, 1.165) is 21.9 Å². The molecule has 0 radical (unpaired) electrons. The number of hydrogen-bond acceptors (Lipinski definition) is 6. The molecule has 6 atom stereocenters. The standard InChI is InChI=1S/C30H25Cl2FN2O6/c1-34-25(37)19-10-9-18-20(24(19)26(34)38)14-29(31)27(39)35(17-7-5-16(33)6-8-17)28(40)30(29,32)21(18)11-3-15-4-12-22(36)23(13-15)41-2/h3-9,11-13,19-21,24,36H,10,14H2,1-2H3/t19-,20+,21-,24-,29+,30-/m0/s1. The Morgan fingerprint density at radius 2 is 1.73 bits per heavy atom. The van der Waals surface area contributed by atoms with Crippen LogP contribution in [0.25, 0.3) is 6.08 Å². The molecule has 1 N–H and O–H groups in total. The predicted molar refractivity (Wildman–Crippen MR) is 149 cm³/mol. The number of ether oxygens (including phenoxy) is 1. The van der Waals surface area contributed by atoms with Crippen molar-refractivity contribution in [1.82, 2.24) is 4.90 Å². The monoisotopic (exact) mass is 598 g/mol. The molecule has 4 amide bonds. The highest BCUT2D eigenvalue weighted by atomic mass is 35.5. The summed E-state index contributed by atoms with van der Waals surface area (Å²) in [5.74, 6) is -5.52. The normalized spacial score (nSPS) is 32.8. The minimum Gasteiger partial charge on any atom is -0.504 e. The van der Waals surface area contributed by atoms with Gasteiger partial charge in [0.15, 0.2) is 21.2 Å². The second-order valence-corrected chi connectivity index (χ2v) is 12.1. The average Bonchev–Trinajstić information content (AvgIpc) is 3.27. The van der Waals surface area contributed by atoms with Crippen molar-refractivity contribution in [2.45, 2.75) is 22.6 Å². The Balaban J connectivity index is 1.51. The summed E-state index contributed by atoms with van der Waals surface area (Å²) >= 11 is 14.4. The van der Waals surface area contributed by atoms with E-state index in [2.05, 4.69) is 0 Å². The summed E-state index contributed by atoms with van der Waals surface area (Å²) in [6.07, 6.45) is 5.31. The van der Waals surface area contributed by atoms with Crippen LogP contribution in [0.4, 0.5) is 10.1 Å². The summed E-state index contributed by atoms with van der Waals surface area (Å²) in [7, 11) is 2.85. The van der Waals surface area contributed by atoms with E-state index < -0.39 is 51.1 Å². The number of amides is 4. The lowest BCUT2D eigenvalue weighted by atomic mass is 9.57. The van der Waals surface area contributed by atoms with E-state index in [1.165, 1.54) is 32.4 Å². The van der Waals surface area contributed by atoms with Crippen LogP contribution in [0.3, 0.4) is 0 Å². The topological polar surface area (TPSA) is 104 Å². The van der Waals surface area contributed by atoms with Gasteiger partial charge in [-0.05, 0) is 60.7 Å². The zero-order valence-corrected chi connectivity index (χ0v) is 23.5. The Bertz CT molecular complexity index is 1580. The minimum absolute atomic E-state index is 0.0583. The quantitative estimate of drug-likeness (QED) is 0.320. The number of carbonyl (C=O) groups excluding carboxylic acids is 4. The molecule has 212 valence electrons. The number of aromatic hydroxyl groups is 1. The molecule has 0 aromatic heterocycles. The SMILES string of the molecule is COc1cc(C=C[C@H]2C3=CC[C@@H]4C(=O)N(C)C(=O)[C@@H]4[C@@H]3C[C@@]3(Cl)C(=O)N(c4ccc(F)cc4)C(=O)[C@@]23Cl)ccc1O. The van der Waals surface area contributed by atoms with Crippen molar-refractivity contribution in [3.63, 3.8) is 0 Å². The van der Waals surface area contributed by atoms with Crippen LogP contribution < -0.4 is 9.64 Å². The zero-order chi connectivity index (χ0) is 29.4. The zero-order valence-electron chi connectivity index (χ0n) is 22.0. The first-order chi connectivity index (χ1) is 19.4. The molecular weight excluding hydrogens is 574 g/mol. The molecule has 2 saturated heterocycles. The number of fused-ring (bicyclic) bond motifs is 4. The number of alkyl halides is 2. The number of imide groups is 2. The molecule has 11 heteroatoms. The first-order valence-electron chi connectivity index (χ1n) is 13.0. The third-order valence-corrected chi connectivity index (χ3v) is 10.3. The lowest BCUT2D eigenvalue weighted by molar-refractivity contribution is -0.138. The Hall–Kier alpha value is -3.69. The van der Waals surface area contributed by atoms with Gasteiger partial charge in [-0.1, -0.05) is 29.9 Å². The molecule has 3 fully saturated rings. The third-order valence-electron chi connectivity index (χ3n) is 8.86. The first kappa shape index (κ1) is 27.5. The predicted octanol–water partition coefficient (Wildman–Crippen LogP) is 4.28. The van der Waals surface area contributed by atoms with E-state index in [-0.39, 0.29) is 41.8 Å². The number of phenolic OH excluding ortho intramolecular Hbond substituents is 1. The fourth-order valence-corrected chi connectivity index (χ4v) is 7.70. The summed E-state index contributed by atoms with van der Waals surface area (Å²) in [5, 5.41) is 10.0. The second-order valence-electron chi connectivity index (χ2n) is 10.8. The molecule has 6 rings (SSSR count). The van der Waals surface area contributed by atoms with Gasteiger partial charge in [0.2, 0.25) is 11.8 Å². The number of phenols is 1. The number of likely N-dealkylation sites (tertiary alicyclic amines) is 1. The van der Waals surface area contributed by atoms with Crippen LogP contribution in [0, 0.1) is 29.5 Å². The molecule has 2 heterocycles. The van der Waals surface area contributed by atoms with Crippen molar-refractivity contribution in [3.8, 4) is 11.5 Å². The average molecular weight is 599 g/mol. The van der Waals surface area contributed by atoms with E-state index in [4.69, 9.17) is 27.9 Å². The van der Waals surface area contributed by atoms with Crippen molar-refractivity contribution in [1.29, 1.82) is 0 Å². The van der Waals surface area contributed by atoms with E-state index in [0.29, 0.717) is 11.1 Å². The number of nitrogens with zero attached hydrogens (tertiary/aromatic N) is 2. The molecule has 2 aliphatic heterocycles. The van der Waals surface area contributed by atoms with Gasteiger partial charge in [-0.3, -0.25) is 24.1 Å². The van der Waals surface area contributed by atoms with E-state index in [1.807, 2.05) is 6.08 Å². The number of allylic oxidation sites excluding steroid dienone is 3. The van der Waals surface area contributed by atoms with Gasteiger partial charge in [-0.15, -0.1) is 23.2 Å². The van der Waals surface area contributed by atoms with Crippen molar-refractivity contribution in [3.05, 3.63) is 71.6 Å². The van der Waals surface area contributed by atoms with Crippen LogP contribution in [0.1, 0.15) is 18.4 Å². The number of halogens is 3. The Kier molecular flexibility index (Phi) is 6.32. The fraction of sp³-hybridized carbons (Fsp3) is 0.333. The van der Waals surface area contributed by atoms with Crippen LogP contribution in [0.2, 0.25) is 0 Å². The lowest BCUT2D eigenvalue weighted by Crippen LogP contribution is -2.60. The van der Waals surface area contributed by atoms with Gasteiger partial charge in [-0.2, -0.15) is 0 Å². The number of carbonyl (C=O) groups is 4. The van der Waals surface area contributed by atoms with Crippen LogP contribution in [-0.2, 0) is 19.2 Å². The first-order valence-corrected chi connectivity index (χ1v) is 13.8. The number of methoxy groups -OCH3 is 1. The molecule has 2 aliphatic carbocycles. The fourth-order valence-electron chi connectivity index (χ4n) is 6.81. The Labute approximate surface area is 245 Å². The second kappa shape index (κ2) is 9.42. The van der Waals surface area contributed by atoms with E-state index in [1.54, 1.807) is 24.3 Å². The summed E-state index contributed by atoms with van der Waals surface area (Å²) in [5.41, 5.74) is 1.37. The van der Waals surface area contributed by atoms with Crippen molar-refractivity contribution >= 4 is 58.6 Å². The maximum absolute atomic E-state index is 14.2. The third kappa shape index (κ3) is 3.71. The van der Waals surface area contributed by atoms with Crippen LogP contribution in [-0.4, -0.2) is 57.5 Å². The minimum atomic E-state index is -2.00. The molecule has 8 nitrogen and oxygen atoms in total. The maximum atomic E-state index is 14.2. The lowest BCUT2D eigenvalue weighted by Gasteiger charge is -2.49. The summed E-state index contributed by atoms with van der Waals surface area (Å²) in [6.45, 7) is 0. The van der Waals surface area contributed by atoms with E-state index >= 15 is 0 Å². The van der Waals surface area contributed by atoms with Crippen molar-refractivity contribution < 1.29 is 33.4 Å². The summed E-state index contributed by atoms with van der Waals surface area (Å²) < 4.78 is 18.9. The van der Waals surface area contributed by atoms with Gasteiger partial charge < -0.3 is 9.84 Å². The summed E-state index contributed by atoms with van der Waals surface area (Å²) in [6, 6.07) is 9.53. The van der Waals surface area contributed by atoms with Crippen LogP contribution >= 0.6 is 23.2 Å². The molecular formula is C30H25Cl2FN2O6.